The lowest BCUT2D eigenvalue weighted by molar-refractivity contribution is 0.175. The molecular weight excluding hydrogens is 168 g/mol. The van der Waals surface area contributed by atoms with Crippen molar-refractivity contribution in [1.29, 1.82) is 0 Å². The van der Waals surface area contributed by atoms with Gasteiger partial charge in [-0.3, -0.25) is 0 Å². The molecule has 0 spiro atoms. The maximum Gasteiger partial charge on any atom is 0.0775 e. The molecule has 0 unspecified atom stereocenters. The van der Waals surface area contributed by atoms with E-state index < -0.39 is 0 Å². The van der Waals surface area contributed by atoms with E-state index in [2.05, 4.69) is 19.6 Å². The Balaban J connectivity index is 3.76. The van der Waals surface area contributed by atoms with Gasteiger partial charge in [-0.2, -0.15) is 0 Å². The second-order valence-corrected chi connectivity index (χ2v) is 3.69. The Bertz CT molecular complexity index is 161. The Hall–Kier alpha value is -0.210. The van der Waals surface area contributed by atoms with Crippen molar-refractivity contribution < 1.29 is 4.74 Å². The predicted octanol–water partition coefficient (Wildman–Crippen LogP) is 3.58. The Morgan fingerprint density at radius 2 is 2.17 bits per heavy atom. The molecule has 0 aromatic rings. The summed E-state index contributed by atoms with van der Waals surface area (Å²) in [7, 11) is 0. The molecule has 0 saturated carbocycles. The predicted molar refractivity (Wildman–Crippen MR) is 57.3 cm³/mol. The maximum absolute atomic E-state index is 5.30. The first kappa shape index (κ1) is 11.8. The van der Waals surface area contributed by atoms with Gasteiger partial charge in [-0.15, -0.1) is 0 Å². The first-order valence-electron chi connectivity index (χ1n) is 4.33. The number of allylic oxidation sites excluding steroid dienone is 2. The van der Waals surface area contributed by atoms with E-state index in [0.29, 0.717) is 0 Å². The molecule has 0 atom stereocenters. The number of rotatable bonds is 6. The molecule has 0 aliphatic heterocycles. The summed E-state index contributed by atoms with van der Waals surface area (Å²) >= 11 is 1.73. The largest absolute Gasteiger partial charge is 0.377 e. The summed E-state index contributed by atoms with van der Waals surface area (Å²) < 4.78 is 5.30. The number of hydrogen-bond donors (Lipinski definition) is 0. The Kier molecular flexibility index (Phi) is 7.31. The van der Waals surface area contributed by atoms with E-state index in [1.807, 2.05) is 13.8 Å². The van der Waals surface area contributed by atoms with Crippen LogP contribution >= 0.6 is 11.8 Å². The zero-order chi connectivity index (χ0) is 9.40. The molecule has 0 aliphatic carbocycles. The molecule has 0 aliphatic rings. The molecule has 0 saturated heterocycles. The lowest BCUT2D eigenvalue weighted by atomic mass is 10.5. The third kappa shape index (κ3) is 5.44. The highest BCUT2D eigenvalue weighted by Gasteiger charge is 1.98. The van der Waals surface area contributed by atoms with Crippen molar-refractivity contribution in [3.05, 3.63) is 22.5 Å². The molecule has 0 fully saturated rings. The van der Waals surface area contributed by atoms with Gasteiger partial charge in [0.1, 0.15) is 0 Å². The molecular formula is C10H18OS. The second-order valence-electron chi connectivity index (χ2n) is 2.39. The fourth-order valence-corrected chi connectivity index (χ4v) is 1.41. The highest BCUT2D eigenvalue weighted by atomic mass is 32.2. The molecule has 0 aromatic carbocycles. The van der Waals surface area contributed by atoms with Crippen LogP contribution in [0.25, 0.3) is 0 Å². The van der Waals surface area contributed by atoms with Gasteiger partial charge in [-0.1, -0.05) is 31.3 Å². The summed E-state index contributed by atoms with van der Waals surface area (Å²) in [5.41, 5.74) is 0. The second kappa shape index (κ2) is 7.44. The molecule has 1 nitrogen and oxygen atoms in total. The van der Waals surface area contributed by atoms with Crippen LogP contribution in [0.5, 0.6) is 0 Å². The average molecular weight is 186 g/mol. The zero-order valence-electron chi connectivity index (χ0n) is 8.22. The van der Waals surface area contributed by atoms with Crippen molar-refractivity contribution in [3.63, 3.8) is 0 Å². The molecule has 0 radical (unpaired) electrons. The van der Waals surface area contributed by atoms with Gasteiger partial charge in [0.15, 0.2) is 0 Å². The molecule has 0 rings (SSSR count). The Morgan fingerprint density at radius 1 is 1.50 bits per heavy atom. The quantitative estimate of drug-likeness (QED) is 0.627. The van der Waals surface area contributed by atoms with Crippen LogP contribution in [0.15, 0.2) is 22.5 Å². The third-order valence-corrected chi connectivity index (χ3v) is 2.63. The van der Waals surface area contributed by atoms with Crippen LogP contribution in [-0.2, 0) is 4.74 Å². The molecule has 2 heteroatoms. The van der Waals surface area contributed by atoms with E-state index in [9.17, 15) is 0 Å². The highest BCUT2D eigenvalue weighted by Crippen LogP contribution is 2.25. The van der Waals surface area contributed by atoms with Gasteiger partial charge in [0.25, 0.3) is 0 Å². The van der Waals surface area contributed by atoms with Crippen LogP contribution in [0.4, 0.5) is 0 Å². The van der Waals surface area contributed by atoms with Crippen LogP contribution in [0, 0.1) is 0 Å². The van der Waals surface area contributed by atoms with Gasteiger partial charge in [0, 0.05) is 11.5 Å². The van der Waals surface area contributed by atoms with E-state index in [1.54, 1.807) is 11.8 Å². The monoisotopic (exact) mass is 186 g/mol. The minimum absolute atomic E-state index is 0.719. The summed E-state index contributed by atoms with van der Waals surface area (Å²) in [6.45, 7) is 11.6. The fourth-order valence-electron chi connectivity index (χ4n) is 0.632. The molecule has 0 amide bonds. The number of hydrogen-bond acceptors (Lipinski definition) is 2. The van der Waals surface area contributed by atoms with Crippen LogP contribution in [-0.4, -0.2) is 13.2 Å². The molecule has 12 heavy (non-hydrogen) atoms. The lowest BCUT2D eigenvalue weighted by Crippen LogP contribution is -1.94. The molecule has 0 bridgehead atoms. The molecule has 0 N–H and O–H groups in total. The third-order valence-electron chi connectivity index (χ3n) is 1.44. The van der Waals surface area contributed by atoms with Crippen molar-refractivity contribution in [2.45, 2.75) is 27.2 Å². The van der Waals surface area contributed by atoms with Crippen molar-refractivity contribution in [2.24, 2.45) is 0 Å². The van der Waals surface area contributed by atoms with Gasteiger partial charge in [-0.05, 0) is 25.2 Å². The van der Waals surface area contributed by atoms with E-state index in [-0.39, 0.29) is 0 Å². The summed E-state index contributed by atoms with van der Waals surface area (Å²) in [5.74, 6) is 0. The van der Waals surface area contributed by atoms with Gasteiger partial charge < -0.3 is 4.74 Å². The smallest absolute Gasteiger partial charge is 0.0775 e. The Morgan fingerprint density at radius 3 is 2.58 bits per heavy atom. The van der Waals surface area contributed by atoms with Crippen molar-refractivity contribution in [3.8, 4) is 0 Å². The minimum Gasteiger partial charge on any atom is -0.377 e. The average Bonchev–Trinajstić information content (AvgIpc) is 2.11. The number of thioether (sulfide) groups is 1. The lowest BCUT2D eigenvalue weighted by Gasteiger charge is -2.06. The number of ether oxygens (including phenoxy) is 1. The molecule has 70 valence electrons. The van der Waals surface area contributed by atoms with Crippen LogP contribution in [0.3, 0.4) is 0 Å². The van der Waals surface area contributed by atoms with Crippen molar-refractivity contribution in [1.82, 2.24) is 0 Å². The standard InChI is InChI=1S/C10H18OS/c1-5-9(4)12-10(6-2)8-11-7-3/h6H,4-5,7-8H2,1-3H3/b10-6-. The normalized spacial score (nSPS) is 11.8. The van der Waals surface area contributed by atoms with Crippen LogP contribution in [0.2, 0.25) is 0 Å². The molecule has 0 aromatic heterocycles. The maximum atomic E-state index is 5.30. The molecule has 0 heterocycles. The zero-order valence-corrected chi connectivity index (χ0v) is 9.04. The van der Waals surface area contributed by atoms with Gasteiger partial charge in [-0.25, -0.2) is 0 Å². The first-order chi connectivity index (χ1) is 5.74. The fraction of sp³-hybridized carbons (Fsp3) is 0.600. The highest BCUT2D eigenvalue weighted by molar-refractivity contribution is 8.06. The van der Waals surface area contributed by atoms with E-state index in [0.717, 1.165) is 19.6 Å². The van der Waals surface area contributed by atoms with E-state index in [4.69, 9.17) is 4.74 Å². The minimum atomic E-state index is 0.719. The summed E-state index contributed by atoms with van der Waals surface area (Å²) in [6, 6.07) is 0. The summed E-state index contributed by atoms with van der Waals surface area (Å²) in [6.07, 6.45) is 3.11. The summed E-state index contributed by atoms with van der Waals surface area (Å²) in [4.78, 5) is 2.45. The van der Waals surface area contributed by atoms with Crippen LogP contribution < -0.4 is 0 Å². The first-order valence-corrected chi connectivity index (χ1v) is 5.14. The topological polar surface area (TPSA) is 9.23 Å². The van der Waals surface area contributed by atoms with Gasteiger partial charge in [0.2, 0.25) is 0 Å². The SMILES string of the molecule is C=C(CC)S/C(=C\C)COCC. The van der Waals surface area contributed by atoms with E-state index in [1.165, 1.54) is 9.81 Å². The van der Waals surface area contributed by atoms with Gasteiger partial charge >= 0.3 is 0 Å². The van der Waals surface area contributed by atoms with Crippen molar-refractivity contribution in [2.75, 3.05) is 13.2 Å². The van der Waals surface area contributed by atoms with Gasteiger partial charge in [0.05, 0.1) is 6.61 Å². The van der Waals surface area contributed by atoms with E-state index >= 15 is 0 Å². The van der Waals surface area contributed by atoms with Crippen LogP contribution in [0.1, 0.15) is 27.2 Å². The summed E-state index contributed by atoms with van der Waals surface area (Å²) in [5, 5.41) is 0. The van der Waals surface area contributed by atoms with Crippen molar-refractivity contribution >= 4 is 11.8 Å². The Labute approximate surface area is 79.9 Å².